The summed E-state index contributed by atoms with van der Waals surface area (Å²) >= 11 is 1.31. The van der Waals surface area contributed by atoms with Gasteiger partial charge in [0, 0.05) is 32.4 Å². The molecule has 15 nitrogen and oxygen atoms in total. The summed E-state index contributed by atoms with van der Waals surface area (Å²) in [6.07, 6.45) is 5.26. The number of ether oxygens (including phenoxy) is 6. The molecule has 2 aromatic heterocycles. The Bertz CT molecular complexity index is 2310. The van der Waals surface area contributed by atoms with Crippen molar-refractivity contribution < 1.29 is 42.0 Å². The van der Waals surface area contributed by atoms with E-state index in [1.54, 1.807) is 27.7 Å². The molecule has 0 radical (unpaired) electrons. The van der Waals surface area contributed by atoms with E-state index in [1.807, 2.05) is 90.5 Å². The van der Waals surface area contributed by atoms with Crippen molar-refractivity contribution in [2.24, 2.45) is 4.99 Å². The topological polar surface area (TPSA) is 150 Å². The summed E-state index contributed by atoms with van der Waals surface area (Å²) in [7, 11) is 6.93. The van der Waals surface area contributed by atoms with E-state index in [-0.39, 0.29) is 24.6 Å². The number of fused-ring (bicyclic) bond motifs is 2. The van der Waals surface area contributed by atoms with Crippen molar-refractivity contribution in [1.29, 1.82) is 0 Å². The van der Waals surface area contributed by atoms with E-state index in [9.17, 15) is 4.57 Å². The van der Waals surface area contributed by atoms with E-state index in [2.05, 4.69) is 14.9 Å². The van der Waals surface area contributed by atoms with Crippen LogP contribution in [0.3, 0.4) is 0 Å². The third-order valence-corrected chi connectivity index (χ3v) is 16.3. The number of imidazole rings is 1. The molecule has 7 atom stereocenters. The molecule has 4 aliphatic rings. The molecule has 5 aromatic rings. The Kier molecular flexibility index (Phi) is 13.0. The van der Waals surface area contributed by atoms with Gasteiger partial charge >= 0.3 is 6.80 Å². The minimum atomic E-state index is -3.71. The van der Waals surface area contributed by atoms with Crippen LogP contribution in [0.4, 0.5) is 5.82 Å². The van der Waals surface area contributed by atoms with E-state index < -0.39 is 36.9 Å². The summed E-state index contributed by atoms with van der Waals surface area (Å²) in [5, 5.41) is 0.0828. The number of nitrogens with zero attached hydrogens (tertiary/aromatic N) is 6. The molecule has 0 N–H and O–H groups in total. The molecule has 62 heavy (non-hydrogen) atoms. The van der Waals surface area contributed by atoms with Crippen LogP contribution in [0.25, 0.3) is 11.2 Å². The number of rotatable bonds is 16. The first kappa shape index (κ1) is 42.9. The van der Waals surface area contributed by atoms with Gasteiger partial charge in [-0.05, 0) is 71.6 Å². The molecule has 1 unspecified atom stereocenters. The van der Waals surface area contributed by atoms with E-state index in [4.69, 9.17) is 47.4 Å². The van der Waals surface area contributed by atoms with Crippen molar-refractivity contribution in [3.63, 3.8) is 0 Å². The third-order valence-electron chi connectivity index (χ3n) is 12.1. The van der Waals surface area contributed by atoms with Crippen LogP contribution in [0.1, 0.15) is 61.4 Å². The van der Waals surface area contributed by atoms with Crippen molar-refractivity contribution in [3.05, 3.63) is 108 Å². The normalized spacial score (nSPS) is 27.0. The highest BCUT2D eigenvalue weighted by Crippen LogP contribution is 2.72. The van der Waals surface area contributed by atoms with Crippen molar-refractivity contribution >= 4 is 41.0 Å². The molecular formula is C45H53N6O9PS. The highest BCUT2D eigenvalue weighted by molar-refractivity contribution is 8.55. The fraction of sp³-hybridized carbons (Fsp3) is 0.467. The standard InChI is InChI=1S/C45H53N6O9PS/c1-50-24-10-15-38(50)49-42-39-43(47-28-46-42)51(29-48-39)44-41(56-26-25-53-2)40(60-61(52)59-35-13-8-9-14-37(35)62-61)36(58-44)27-57-45(30-11-6-5-7-12-30,31-16-20-33(54-3)21-17-31)32-18-22-34(55-4)23-19-32/h5-7,11-12,16-23,28-29,35-37,40-41,44H,8-10,13-15,24-27H2,1-4H3/b49-38+/t35-,36-,37-,40-,41-,44-,61?/m1/s1. The second-order valence-electron chi connectivity index (χ2n) is 15.9. The molecule has 4 fully saturated rings. The molecule has 3 aliphatic heterocycles. The van der Waals surface area contributed by atoms with Crippen molar-refractivity contribution in [2.75, 3.05) is 54.7 Å². The van der Waals surface area contributed by atoms with Crippen molar-refractivity contribution in [2.45, 2.75) is 80.0 Å². The van der Waals surface area contributed by atoms with Gasteiger partial charge < -0.3 is 33.3 Å². The Labute approximate surface area is 365 Å². The van der Waals surface area contributed by atoms with Crippen LogP contribution >= 0.6 is 18.2 Å². The Morgan fingerprint density at radius 3 is 2.23 bits per heavy atom. The van der Waals surface area contributed by atoms with E-state index in [0.717, 1.165) is 67.6 Å². The minimum Gasteiger partial charge on any atom is -0.497 e. The average Bonchev–Trinajstić information content (AvgIpc) is 4.09. The van der Waals surface area contributed by atoms with E-state index in [0.29, 0.717) is 35.1 Å². The van der Waals surface area contributed by atoms with Crippen LogP contribution in [-0.4, -0.2) is 115 Å². The summed E-state index contributed by atoms with van der Waals surface area (Å²) in [6, 6.07) is 25.7. The van der Waals surface area contributed by atoms with Gasteiger partial charge in [-0.3, -0.25) is 13.6 Å². The maximum absolute atomic E-state index is 14.8. The average molecular weight is 885 g/mol. The lowest BCUT2D eigenvalue weighted by molar-refractivity contribution is -0.0966. The third kappa shape index (κ3) is 8.51. The number of likely N-dealkylation sites (tertiary alicyclic amines) is 1. The summed E-state index contributed by atoms with van der Waals surface area (Å²) in [5.41, 5.74) is 2.42. The number of hydrogen-bond donors (Lipinski definition) is 0. The predicted octanol–water partition coefficient (Wildman–Crippen LogP) is 8.10. The van der Waals surface area contributed by atoms with Gasteiger partial charge in [-0.15, -0.1) is 0 Å². The molecular weight excluding hydrogens is 832 g/mol. The lowest BCUT2D eigenvalue weighted by atomic mass is 9.80. The van der Waals surface area contributed by atoms with E-state index in [1.165, 1.54) is 17.7 Å². The SMILES string of the molecule is COCCO[C@@H]1[C@H](OP2(=O)O[C@@H]3CCCC[C@H]3S2)[C@@H](COC(c2ccccc2)(c2ccc(OC)cc2)c2ccc(OC)cc2)O[C@H]1n1cnc2c(/N=C3\CCCN3C)ncnc21. The molecule has 328 valence electrons. The second-order valence-corrected chi connectivity index (χ2v) is 20.0. The lowest BCUT2D eigenvalue weighted by Crippen LogP contribution is -2.41. The van der Waals surface area contributed by atoms with Gasteiger partial charge in [0.15, 0.2) is 23.2 Å². The molecule has 3 aromatic carbocycles. The summed E-state index contributed by atoms with van der Waals surface area (Å²) in [6.45, 7) is -2.30. The fourth-order valence-corrected chi connectivity index (χ4v) is 13.9. The lowest BCUT2D eigenvalue weighted by Gasteiger charge is -2.37. The monoisotopic (exact) mass is 884 g/mol. The zero-order chi connectivity index (χ0) is 42.7. The first-order valence-electron chi connectivity index (χ1n) is 21.2. The molecule has 1 saturated carbocycles. The quantitative estimate of drug-likeness (QED) is 0.0533. The number of benzene rings is 3. The Balaban J connectivity index is 1.14. The Morgan fingerprint density at radius 1 is 0.855 bits per heavy atom. The number of aromatic nitrogens is 4. The van der Waals surface area contributed by atoms with Gasteiger partial charge in [0.2, 0.25) is 0 Å². The zero-order valence-electron chi connectivity index (χ0n) is 35.4. The molecule has 1 aliphatic carbocycles. The highest BCUT2D eigenvalue weighted by Gasteiger charge is 2.55. The Morgan fingerprint density at radius 2 is 1.56 bits per heavy atom. The van der Waals surface area contributed by atoms with Gasteiger partial charge in [0.1, 0.15) is 47.6 Å². The zero-order valence-corrected chi connectivity index (χ0v) is 37.1. The number of aliphatic imine (C=N–C) groups is 1. The van der Waals surface area contributed by atoms with Crippen LogP contribution < -0.4 is 9.47 Å². The maximum Gasteiger partial charge on any atom is 0.390 e. The van der Waals surface area contributed by atoms with Gasteiger partial charge in [-0.2, -0.15) is 0 Å². The molecule has 0 amide bonds. The molecule has 0 spiro atoms. The van der Waals surface area contributed by atoms with Gasteiger partial charge in [-0.1, -0.05) is 67.4 Å². The molecule has 5 heterocycles. The Hall–Kier alpha value is -4.38. The van der Waals surface area contributed by atoms with Crippen LogP contribution in [0, 0.1) is 0 Å². The van der Waals surface area contributed by atoms with Crippen LogP contribution in [-0.2, 0) is 38.2 Å². The first-order valence-corrected chi connectivity index (χ1v) is 24.2. The van der Waals surface area contributed by atoms with Gasteiger partial charge in [0.05, 0.1) is 46.5 Å². The van der Waals surface area contributed by atoms with Crippen LogP contribution in [0.2, 0.25) is 0 Å². The summed E-state index contributed by atoms with van der Waals surface area (Å²) < 4.78 is 67.6. The predicted molar refractivity (Wildman–Crippen MR) is 235 cm³/mol. The van der Waals surface area contributed by atoms with E-state index >= 15 is 0 Å². The summed E-state index contributed by atoms with van der Waals surface area (Å²) in [4.78, 5) is 21.0. The largest absolute Gasteiger partial charge is 0.497 e. The molecule has 3 saturated heterocycles. The van der Waals surface area contributed by atoms with Crippen LogP contribution in [0.15, 0.2) is 96.5 Å². The molecule has 9 rings (SSSR count). The van der Waals surface area contributed by atoms with Gasteiger partial charge in [-0.25, -0.2) is 24.5 Å². The highest BCUT2D eigenvalue weighted by atomic mass is 32.7. The fourth-order valence-electron chi connectivity index (χ4n) is 8.94. The molecule has 0 bridgehead atoms. The maximum atomic E-state index is 14.8. The van der Waals surface area contributed by atoms with Gasteiger partial charge in [0.25, 0.3) is 0 Å². The number of amidine groups is 1. The minimum absolute atomic E-state index is 0.0252. The number of hydrogen-bond acceptors (Lipinski definition) is 14. The smallest absolute Gasteiger partial charge is 0.390 e. The number of methoxy groups -OCH3 is 3. The van der Waals surface area contributed by atoms with Crippen LogP contribution in [0.5, 0.6) is 11.5 Å². The van der Waals surface area contributed by atoms with Crippen molar-refractivity contribution in [1.82, 2.24) is 24.4 Å². The molecule has 17 heteroatoms. The first-order chi connectivity index (χ1) is 30.3. The second kappa shape index (κ2) is 18.8. The summed E-state index contributed by atoms with van der Waals surface area (Å²) in [5.74, 6) is 2.82. The van der Waals surface area contributed by atoms with Crippen molar-refractivity contribution in [3.8, 4) is 11.5 Å².